The number of hydrogen-bond donors (Lipinski definition) is 1. The van der Waals surface area contributed by atoms with Crippen molar-refractivity contribution in [3.8, 4) is 0 Å². The van der Waals surface area contributed by atoms with Crippen molar-refractivity contribution in [2.24, 2.45) is 0 Å². The summed E-state index contributed by atoms with van der Waals surface area (Å²) in [6.45, 7) is 1.86. The van der Waals surface area contributed by atoms with Gasteiger partial charge in [-0.15, -0.1) is 0 Å². The Bertz CT molecular complexity index is 952. The minimum Gasteiger partial charge on any atom is -0.280 e. The van der Waals surface area contributed by atoms with Gasteiger partial charge in [-0.1, -0.05) is 46.3 Å². The summed E-state index contributed by atoms with van der Waals surface area (Å²) in [7, 11) is -3.59. The number of benzene rings is 3. The molecular weight excluding hydrogens is 362 g/mol. The second kappa shape index (κ2) is 5.74. The molecule has 0 fully saturated rings. The zero-order valence-electron chi connectivity index (χ0n) is 11.9. The number of hydrogen-bond acceptors (Lipinski definition) is 2. The summed E-state index contributed by atoms with van der Waals surface area (Å²) in [4.78, 5) is 0.251. The maximum Gasteiger partial charge on any atom is 0.261 e. The quantitative estimate of drug-likeness (QED) is 0.720. The first-order chi connectivity index (χ1) is 10.5. The van der Waals surface area contributed by atoms with Crippen LogP contribution in [0.15, 0.2) is 70.0 Å². The van der Waals surface area contributed by atoms with E-state index < -0.39 is 10.0 Å². The largest absolute Gasteiger partial charge is 0.280 e. The van der Waals surface area contributed by atoms with E-state index in [4.69, 9.17) is 0 Å². The fourth-order valence-electron chi connectivity index (χ4n) is 2.25. The van der Waals surface area contributed by atoms with Gasteiger partial charge in [-0.3, -0.25) is 4.72 Å². The SMILES string of the molecule is Cc1cc(S(=O)(=O)Nc2ccc3ccccc3c2)ccc1Br. The number of rotatable bonds is 3. The van der Waals surface area contributed by atoms with Gasteiger partial charge in [0, 0.05) is 10.2 Å². The van der Waals surface area contributed by atoms with Crippen molar-refractivity contribution in [2.75, 3.05) is 4.72 Å². The fraction of sp³-hybridized carbons (Fsp3) is 0.0588. The summed E-state index contributed by atoms with van der Waals surface area (Å²) in [6, 6.07) is 18.3. The number of sulfonamides is 1. The zero-order valence-corrected chi connectivity index (χ0v) is 14.3. The van der Waals surface area contributed by atoms with Crippen molar-refractivity contribution >= 4 is 42.4 Å². The third kappa shape index (κ3) is 3.00. The van der Waals surface area contributed by atoms with Crippen LogP contribution in [0.25, 0.3) is 10.8 Å². The van der Waals surface area contributed by atoms with Crippen molar-refractivity contribution in [3.63, 3.8) is 0 Å². The fourth-order valence-corrected chi connectivity index (χ4v) is 3.63. The molecule has 112 valence electrons. The minimum absolute atomic E-state index is 0.251. The van der Waals surface area contributed by atoms with Crippen LogP contribution in [0.1, 0.15) is 5.56 Å². The topological polar surface area (TPSA) is 46.2 Å². The van der Waals surface area contributed by atoms with Crippen LogP contribution in [0.4, 0.5) is 5.69 Å². The van der Waals surface area contributed by atoms with Gasteiger partial charge in [0.1, 0.15) is 0 Å². The van der Waals surface area contributed by atoms with E-state index in [1.54, 1.807) is 24.3 Å². The molecule has 22 heavy (non-hydrogen) atoms. The summed E-state index contributed by atoms with van der Waals surface area (Å²) >= 11 is 3.37. The Morgan fingerprint density at radius 3 is 2.36 bits per heavy atom. The Morgan fingerprint density at radius 2 is 1.64 bits per heavy atom. The monoisotopic (exact) mass is 375 g/mol. The van der Waals surface area contributed by atoms with Crippen LogP contribution in [-0.2, 0) is 10.0 Å². The van der Waals surface area contributed by atoms with Crippen LogP contribution in [-0.4, -0.2) is 8.42 Å². The zero-order chi connectivity index (χ0) is 15.7. The lowest BCUT2D eigenvalue weighted by molar-refractivity contribution is 0.601. The molecule has 0 radical (unpaired) electrons. The molecule has 0 amide bonds. The highest BCUT2D eigenvalue weighted by molar-refractivity contribution is 9.10. The Morgan fingerprint density at radius 1 is 0.909 bits per heavy atom. The average Bonchev–Trinajstić information content (AvgIpc) is 2.49. The summed E-state index contributed by atoms with van der Waals surface area (Å²) < 4.78 is 28.5. The van der Waals surface area contributed by atoms with Gasteiger partial charge in [-0.25, -0.2) is 8.42 Å². The summed E-state index contributed by atoms with van der Waals surface area (Å²) in [5.74, 6) is 0. The van der Waals surface area contributed by atoms with E-state index in [1.165, 1.54) is 0 Å². The molecule has 0 aliphatic heterocycles. The first-order valence-electron chi connectivity index (χ1n) is 6.73. The van der Waals surface area contributed by atoms with Crippen LogP contribution in [0.5, 0.6) is 0 Å². The predicted octanol–water partition coefficient (Wildman–Crippen LogP) is 4.71. The van der Waals surface area contributed by atoms with Gasteiger partial charge in [-0.05, 0) is 53.6 Å². The number of fused-ring (bicyclic) bond motifs is 1. The first kappa shape index (κ1) is 15.1. The normalized spacial score (nSPS) is 11.5. The van der Waals surface area contributed by atoms with E-state index in [0.717, 1.165) is 20.8 Å². The standard InChI is InChI=1S/C17H14BrNO2S/c1-12-10-16(8-9-17(12)18)22(20,21)19-15-7-6-13-4-2-3-5-14(13)11-15/h2-11,19H,1H3. The van der Waals surface area contributed by atoms with Crippen LogP contribution < -0.4 is 4.72 Å². The molecule has 1 N–H and O–H groups in total. The molecule has 0 saturated carbocycles. The summed E-state index contributed by atoms with van der Waals surface area (Å²) in [5.41, 5.74) is 1.43. The number of halogens is 1. The van der Waals surface area contributed by atoms with E-state index in [9.17, 15) is 8.42 Å². The van der Waals surface area contributed by atoms with Crippen LogP contribution in [0.3, 0.4) is 0 Å². The average molecular weight is 376 g/mol. The number of nitrogens with one attached hydrogen (secondary N) is 1. The van der Waals surface area contributed by atoms with Crippen molar-refractivity contribution in [1.29, 1.82) is 0 Å². The highest BCUT2D eigenvalue weighted by Gasteiger charge is 2.15. The highest BCUT2D eigenvalue weighted by atomic mass is 79.9. The Kier molecular flexibility index (Phi) is 3.93. The molecule has 0 saturated heterocycles. The molecule has 3 aromatic carbocycles. The molecule has 3 rings (SSSR count). The molecule has 3 nitrogen and oxygen atoms in total. The third-order valence-electron chi connectivity index (χ3n) is 3.44. The summed E-state index contributed by atoms with van der Waals surface area (Å²) in [6.07, 6.45) is 0. The highest BCUT2D eigenvalue weighted by Crippen LogP contribution is 2.24. The number of aryl methyl sites for hydroxylation is 1. The second-order valence-electron chi connectivity index (χ2n) is 5.08. The van der Waals surface area contributed by atoms with Gasteiger partial charge in [0.15, 0.2) is 0 Å². The smallest absolute Gasteiger partial charge is 0.261 e. The Labute approximate surface area is 138 Å². The van der Waals surface area contributed by atoms with Gasteiger partial charge in [-0.2, -0.15) is 0 Å². The molecule has 3 aromatic rings. The lowest BCUT2D eigenvalue weighted by Crippen LogP contribution is -2.13. The van der Waals surface area contributed by atoms with Crippen LogP contribution in [0.2, 0.25) is 0 Å². The van der Waals surface area contributed by atoms with Gasteiger partial charge in [0.25, 0.3) is 10.0 Å². The maximum atomic E-state index is 12.5. The van der Waals surface area contributed by atoms with Crippen molar-refractivity contribution in [3.05, 3.63) is 70.7 Å². The molecule has 0 unspecified atom stereocenters. The maximum absolute atomic E-state index is 12.5. The van der Waals surface area contributed by atoms with E-state index in [-0.39, 0.29) is 4.90 Å². The summed E-state index contributed by atoms with van der Waals surface area (Å²) in [5, 5.41) is 2.07. The molecule has 0 atom stereocenters. The number of anilines is 1. The molecule has 0 heterocycles. The Hall–Kier alpha value is -1.85. The molecular formula is C17H14BrNO2S. The van der Waals surface area contributed by atoms with Crippen LogP contribution in [0, 0.1) is 6.92 Å². The van der Waals surface area contributed by atoms with E-state index >= 15 is 0 Å². The lowest BCUT2D eigenvalue weighted by atomic mass is 10.1. The van der Waals surface area contributed by atoms with E-state index in [2.05, 4.69) is 20.7 Å². The molecule has 0 aliphatic rings. The molecule has 0 aromatic heterocycles. The van der Waals surface area contributed by atoms with Crippen molar-refractivity contribution < 1.29 is 8.42 Å². The molecule has 5 heteroatoms. The third-order valence-corrected chi connectivity index (χ3v) is 5.71. The predicted molar refractivity (Wildman–Crippen MR) is 93.6 cm³/mol. The van der Waals surface area contributed by atoms with E-state index in [1.807, 2.05) is 43.3 Å². The van der Waals surface area contributed by atoms with Gasteiger partial charge in [0.2, 0.25) is 0 Å². The van der Waals surface area contributed by atoms with E-state index in [0.29, 0.717) is 5.69 Å². The van der Waals surface area contributed by atoms with Crippen molar-refractivity contribution in [1.82, 2.24) is 0 Å². The lowest BCUT2D eigenvalue weighted by Gasteiger charge is -2.10. The van der Waals surface area contributed by atoms with Gasteiger partial charge < -0.3 is 0 Å². The molecule has 0 aliphatic carbocycles. The van der Waals surface area contributed by atoms with Crippen molar-refractivity contribution in [2.45, 2.75) is 11.8 Å². The van der Waals surface area contributed by atoms with Crippen LogP contribution >= 0.6 is 15.9 Å². The minimum atomic E-state index is -3.59. The Balaban J connectivity index is 1.97. The first-order valence-corrected chi connectivity index (χ1v) is 9.01. The van der Waals surface area contributed by atoms with Gasteiger partial charge in [0.05, 0.1) is 4.90 Å². The molecule has 0 bridgehead atoms. The molecule has 0 spiro atoms. The second-order valence-corrected chi connectivity index (χ2v) is 7.62. The van der Waals surface area contributed by atoms with Gasteiger partial charge >= 0.3 is 0 Å².